The summed E-state index contributed by atoms with van der Waals surface area (Å²) in [5, 5.41) is 0. The van der Waals surface area contributed by atoms with Gasteiger partial charge < -0.3 is 14.0 Å². The third kappa shape index (κ3) is 3.12. The fourth-order valence-electron chi connectivity index (χ4n) is 2.92. The molecule has 0 atom stereocenters. The van der Waals surface area contributed by atoms with Crippen molar-refractivity contribution >= 4 is 27.5 Å². The predicted octanol–water partition coefficient (Wildman–Crippen LogP) is 4.10. The van der Waals surface area contributed by atoms with E-state index in [0.717, 1.165) is 16.8 Å². The second kappa shape index (κ2) is 7.33. The maximum Gasteiger partial charge on any atom is 0.283 e. The van der Waals surface area contributed by atoms with Gasteiger partial charge in [-0.1, -0.05) is 17.4 Å². The molecule has 2 aromatic carbocycles. The van der Waals surface area contributed by atoms with Gasteiger partial charge in [0.1, 0.15) is 0 Å². The van der Waals surface area contributed by atoms with Crippen molar-refractivity contribution in [1.82, 2.24) is 4.57 Å². The van der Waals surface area contributed by atoms with E-state index >= 15 is 0 Å². The summed E-state index contributed by atoms with van der Waals surface area (Å²) >= 11 is 1.52. The molecule has 0 aliphatic carbocycles. The quantitative estimate of drug-likeness (QED) is 0.695. The van der Waals surface area contributed by atoms with E-state index in [1.54, 1.807) is 25.3 Å². The molecule has 5 nitrogen and oxygen atoms in total. The van der Waals surface area contributed by atoms with Crippen LogP contribution in [0.5, 0.6) is 11.5 Å². The molecule has 0 aliphatic rings. The number of amides is 1. The van der Waals surface area contributed by atoms with Crippen molar-refractivity contribution in [3.05, 3.63) is 51.8 Å². The summed E-state index contributed by atoms with van der Waals surface area (Å²) in [4.78, 5) is 17.9. The lowest BCUT2D eigenvalue weighted by Crippen LogP contribution is -2.16. The van der Waals surface area contributed by atoms with Gasteiger partial charge in [0.15, 0.2) is 16.3 Å². The lowest BCUT2D eigenvalue weighted by atomic mass is 10.1. The van der Waals surface area contributed by atoms with Crippen LogP contribution in [0.2, 0.25) is 0 Å². The molecule has 1 amide bonds. The molecule has 136 valence electrons. The number of hydrogen-bond donors (Lipinski definition) is 0. The zero-order chi connectivity index (χ0) is 18.8. The highest BCUT2D eigenvalue weighted by atomic mass is 32.1. The highest BCUT2D eigenvalue weighted by molar-refractivity contribution is 7.16. The molecule has 0 bridgehead atoms. The number of carbonyl (C=O) groups excluding carboxylic acids is 1. The van der Waals surface area contributed by atoms with Crippen LogP contribution in [0.15, 0.2) is 35.3 Å². The van der Waals surface area contributed by atoms with Crippen LogP contribution in [0.25, 0.3) is 10.2 Å². The maximum atomic E-state index is 12.8. The van der Waals surface area contributed by atoms with Crippen molar-refractivity contribution in [3.8, 4) is 11.5 Å². The van der Waals surface area contributed by atoms with E-state index in [0.29, 0.717) is 21.9 Å². The number of benzene rings is 2. The highest BCUT2D eigenvalue weighted by Gasteiger charge is 2.16. The molecule has 6 heteroatoms. The summed E-state index contributed by atoms with van der Waals surface area (Å²) < 4.78 is 13.8. The summed E-state index contributed by atoms with van der Waals surface area (Å²) in [7, 11) is 3.07. The lowest BCUT2D eigenvalue weighted by molar-refractivity contribution is 0.0994. The third-order valence-electron chi connectivity index (χ3n) is 4.45. The molecule has 0 saturated heterocycles. The number of methoxy groups -OCH3 is 2. The number of aryl methyl sites for hydroxylation is 3. The minimum Gasteiger partial charge on any atom is -0.493 e. The first-order chi connectivity index (χ1) is 12.5. The molecular weight excluding hydrogens is 348 g/mol. The Balaban J connectivity index is 2.18. The molecule has 0 saturated carbocycles. The summed E-state index contributed by atoms with van der Waals surface area (Å²) in [5.41, 5.74) is 3.95. The van der Waals surface area contributed by atoms with E-state index in [2.05, 4.69) is 42.5 Å². The molecule has 1 heterocycles. The molecule has 3 aromatic rings. The topological polar surface area (TPSA) is 52.8 Å². The van der Waals surface area contributed by atoms with Gasteiger partial charge in [0.05, 0.1) is 30.0 Å². The first-order valence-electron chi connectivity index (χ1n) is 8.40. The average molecular weight is 370 g/mol. The van der Waals surface area contributed by atoms with Crippen LogP contribution in [0.1, 0.15) is 28.4 Å². The predicted molar refractivity (Wildman–Crippen MR) is 104 cm³/mol. The number of nitrogens with zero attached hydrogens (tertiary/aromatic N) is 2. The zero-order valence-electron chi connectivity index (χ0n) is 15.6. The highest BCUT2D eigenvalue weighted by Crippen LogP contribution is 2.31. The Bertz CT molecular complexity index is 1050. The molecule has 0 unspecified atom stereocenters. The first kappa shape index (κ1) is 18.2. The Labute approximate surface area is 156 Å². The third-order valence-corrected chi connectivity index (χ3v) is 5.49. The van der Waals surface area contributed by atoms with Crippen molar-refractivity contribution in [2.75, 3.05) is 14.2 Å². The van der Waals surface area contributed by atoms with Crippen LogP contribution in [0.4, 0.5) is 0 Å². The van der Waals surface area contributed by atoms with Gasteiger partial charge in [0, 0.05) is 6.54 Å². The van der Waals surface area contributed by atoms with Gasteiger partial charge >= 0.3 is 0 Å². The Morgan fingerprint density at radius 3 is 2.54 bits per heavy atom. The number of hydrogen-bond acceptors (Lipinski definition) is 4. The molecule has 26 heavy (non-hydrogen) atoms. The van der Waals surface area contributed by atoms with Gasteiger partial charge in [-0.25, -0.2) is 0 Å². The minimum absolute atomic E-state index is 0.344. The Morgan fingerprint density at radius 1 is 1.15 bits per heavy atom. The van der Waals surface area contributed by atoms with E-state index in [9.17, 15) is 4.79 Å². The first-order valence-corrected chi connectivity index (χ1v) is 9.22. The fraction of sp³-hybridized carbons (Fsp3) is 0.300. The minimum atomic E-state index is -0.344. The standard InChI is InChI=1S/C20H22N2O3S/c1-6-22-15-10-12(2)13(3)11-17(15)26-20(22)21-19(23)14-8-7-9-16(24-4)18(14)25-5/h7-11H,6H2,1-5H3. The van der Waals surface area contributed by atoms with Gasteiger partial charge in [0.25, 0.3) is 5.91 Å². The summed E-state index contributed by atoms with van der Waals surface area (Å²) in [6, 6.07) is 9.52. The van der Waals surface area contributed by atoms with Crippen LogP contribution in [-0.4, -0.2) is 24.7 Å². The van der Waals surface area contributed by atoms with E-state index in [-0.39, 0.29) is 5.91 Å². The molecular formula is C20H22N2O3S. The number of rotatable bonds is 4. The van der Waals surface area contributed by atoms with Gasteiger partial charge in [-0.3, -0.25) is 4.79 Å². The maximum absolute atomic E-state index is 12.8. The number of fused-ring (bicyclic) bond motifs is 1. The van der Waals surface area contributed by atoms with E-state index in [4.69, 9.17) is 9.47 Å². The molecule has 0 aliphatic heterocycles. The molecule has 0 spiro atoms. The van der Waals surface area contributed by atoms with Crippen molar-refractivity contribution in [2.24, 2.45) is 4.99 Å². The number of thiazole rings is 1. The van der Waals surface area contributed by atoms with Crippen molar-refractivity contribution < 1.29 is 14.3 Å². The number of ether oxygens (including phenoxy) is 2. The number of aromatic nitrogens is 1. The fourth-order valence-corrected chi connectivity index (χ4v) is 4.09. The second-order valence-electron chi connectivity index (χ2n) is 5.99. The van der Waals surface area contributed by atoms with Crippen LogP contribution < -0.4 is 14.3 Å². The van der Waals surface area contributed by atoms with Gasteiger partial charge in [-0.15, -0.1) is 0 Å². The largest absolute Gasteiger partial charge is 0.493 e. The smallest absolute Gasteiger partial charge is 0.283 e. The Morgan fingerprint density at radius 2 is 1.88 bits per heavy atom. The Hall–Kier alpha value is -2.60. The van der Waals surface area contributed by atoms with Crippen molar-refractivity contribution in [1.29, 1.82) is 0 Å². The molecule has 0 N–H and O–H groups in total. The van der Waals surface area contributed by atoms with Gasteiger partial charge in [0.2, 0.25) is 0 Å². The summed E-state index contributed by atoms with van der Waals surface area (Å²) in [6.45, 7) is 6.98. The van der Waals surface area contributed by atoms with Crippen LogP contribution >= 0.6 is 11.3 Å². The Kier molecular flexibility index (Phi) is 5.13. The lowest BCUT2D eigenvalue weighted by Gasteiger charge is -2.09. The van der Waals surface area contributed by atoms with Crippen LogP contribution in [0.3, 0.4) is 0 Å². The molecule has 3 rings (SSSR count). The average Bonchev–Trinajstić information content (AvgIpc) is 2.96. The van der Waals surface area contributed by atoms with Gasteiger partial charge in [-0.2, -0.15) is 4.99 Å². The van der Waals surface area contributed by atoms with E-state index in [1.807, 2.05) is 0 Å². The van der Waals surface area contributed by atoms with E-state index < -0.39 is 0 Å². The normalized spacial score (nSPS) is 11.8. The number of carbonyl (C=O) groups is 1. The van der Waals surface area contributed by atoms with E-state index in [1.165, 1.54) is 29.6 Å². The molecule has 0 radical (unpaired) electrons. The number of para-hydroxylation sites is 1. The summed E-state index contributed by atoms with van der Waals surface area (Å²) in [6.07, 6.45) is 0. The van der Waals surface area contributed by atoms with Crippen molar-refractivity contribution in [2.45, 2.75) is 27.3 Å². The monoisotopic (exact) mass is 370 g/mol. The van der Waals surface area contributed by atoms with Crippen LogP contribution in [0, 0.1) is 13.8 Å². The molecule has 0 fully saturated rings. The second-order valence-corrected chi connectivity index (χ2v) is 7.00. The van der Waals surface area contributed by atoms with Crippen LogP contribution in [-0.2, 0) is 6.54 Å². The summed E-state index contributed by atoms with van der Waals surface area (Å²) in [5.74, 6) is 0.571. The SMILES string of the molecule is CCn1c(=NC(=O)c2cccc(OC)c2OC)sc2cc(C)c(C)cc21. The molecule has 1 aromatic heterocycles. The van der Waals surface area contributed by atoms with Crippen molar-refractivity contribution in [3.63, 3.8) is 0 Å². The zero-order valence-corrected chi connectivity index (χ0v) is 16.4. The van der Waals surface area contributed by atoms with Gasteiger partial charge in [-0.05, 0) is 56.2 Å².